The normalized spacial score (nSPS) is 9.50. The van der Waals surface area contributed by atoms with Gasteiger partial charge in [-0.05, 0) is 12.1 Å². The van der Waals surface area contributed by atoms with Gasteiger partial charge < -0.3 is 4.84 Å². The second-order valence-electron chi connectivity index (χ2n) is 1.69. The summed E-state index contributed by atoms with van der Waals surface area (Å²) < 4.78 is 0. The average Bonchev–Trinajstić information content (AvgIpc) is 1.95. The van der Waals surface area contributed by atoms with Crippen LogP contribution in [0.2, 0.25) is 10.0 Å². The highest BCUT2D eigenvalue weighted by Crippen LogP contribution is 2.25. The average molecular weight is 178 g/mol. The molecule has 0 unspecified atom stereocenters. The third kappa shape index (κ3) is 1.53. The third-order valence-electron chi connectivity index (χ3n) is 1.03. The van der Waals surface area contributed by atoms with Gasteiger partial charge in [-0.25, -0.2) is 0 Å². The minimum atomic E-state index is 0.435. The van der Waals surface area contributed by atoms with E-state index >= 15 is 0 Å². The van der Waals surface area contributed by atoms with Crippen molar-refractivity contribution in [2.24, 2.45) is 5.90 Å². The zero-order valence-corrected chi connectivity index (χ0v) is 6.49. The molecule has 0 spiro atoms. The van der Waals surface area contributed by atoms with E-state index in [-0.39, 0.29) is 0 Å². The van der Waals surface area contributed by atoms with Gasteiger partial charge >= 0.3 is 0 Å². The maximum atomic E-state index is 5.63. The van der Waals surface area contributed by atoms with Crippen LogP contribution in [0.5, 0.6) is 5.75 Å². The van der Waals surface area contributed by atoms with Crippen LogP contribution >= 0.6 is 23.2 Å². The Hall–Kier alpha value is -0.440. The van der Waals surface area contributed by atoms with E-state index in [4.69, 9.17) is 29.1 Å². The molecule has 1 aromatic carbocycles. The highest BCUT2D eigenvalue weighted by molar-refractivity contribution is 6.42. The van der Waals surface area contributed by atoms with Crippen LogP contribution in [0.3, 0.4) is 0 Å². The van der Waals surface area contributed by atoms with Crippen LogP contribution in [0.25, 0.3) is 0 Å². The summed E-state index contributed by atoms with van der Waals surface area (Å²) in [6.45, 7) is 0. The van der Waals surface area contributed by atoms with Crippen molar-refractivity contribution < 1.29 is 4.84 Å². The van der Waals surface area contributed by atoms with E-state index in [1.165, 1.54) is 0 Å². The molecule has 0 saturated heterocycles. The summed E-state index contributed by atoms with van der Waals surface area (Å²) in [6, 6.07) is 4.80. The first-order valence-corrected chi connectivity index (χ1v) is 3.31. The molecule has 2 N–H and O–H groups in total. The first-order valence-electron chi connectivity index (χ1n) is 2.56. The molecule has 0 radical (unpaired) electrons. The second-order valence-corrected chi connectivity index (χ2v) is 2.51. The van der Waals surface area contributed by atoms with Crippen LogP contribution in [0.1, 0.15) is 0 Å². The zero-order chi connectivity index (χ0) is 7.56. The van der Waals surface area contributed by atoms with Gasteiger partial charge in [-0.1, -0.05) is 23.2 Å². The number of hydrogen-bond donors (Lipinski definition) is 1. The van der Waals surface area contributed by atoms with Crippen molar-refractivity contribution in [1.29, 1.82) is 0 Å². The Bertz CT molecular complexity index is 239. The van der Waals surface area contributed by atoms with Crippen LogP contribution in [-0.4, -0.2) is 0 Å². The van der Waals surface area contributed by atoms with Crippen molar-refractivity contribution >= 4 is 23.2 Å². The minimum Gasteiger partial charge on any atom is -0.411 e. The standard InChI is InChI=1S/C6H5Cl2NO/c7-5-2-1-4(10-9)3-6(5)8/h1-3H,9H2. The minimum absolute atomic E-state index is 0.435. The summed E-state index contributed by atoms with van der Waals surface area (Å²) in [5, 5.41) is 0.923. The first kappa shape index (κ1) is 7.66. The predicted molar refractivity (Wildman–Crippen MR) is 41.3 cm³/mol. The number of hydrogen-bond acceptors (Lipinski definition) is 2. The van der Waals surface area contributed by atoms with Gasteiger partial charge in [0.05, 0.1) is 10.0 Å². The first-order chi connectivity index (χ1) is 4.74. The van der Waals surface area contributed by atoms with E-state index in [0.29, 0.717) is 15.8 Å². The number of halogens is 2. The van der Waals surface area contributed by atoms with Gasteiger partial charge in [0.15, 0.2) is 0 Å². The van der Waals surface area contributed by atoms with Crippen molar-refractivity contribution in [1.82, 2.24) is 0 Å². The van der Waals surface area contributed by atoms with Gasteiger partial charge in [0.2, 0.25) is 0 Å². The van der Waals surface area contributed by atoms with Crippen LogP contribution < -0.4 is 10.7 Å². The molecule has 0 saturated carbocycles. The molecule has 0 aliphatic carbocycles. The Morgan fingerprint density at radius 2 is 1.90 bits per heavy atom. The summed E-state index contributed by atoms with van der Waals surface area (Å²) in [4.78, 5) is 4.41. The largest absolute Gasteiger partial charge is 0.411 e. The Kier molecular flexibility index (Phi) is 2.38. The van der Waals surface area contributed by atoms with Gasteiger partial charge in [0.1, 0.15) is 5.75 Å². The van der Waals surface area contributed by atoms with Crippen molar-refractivity contribution in [2.45, 2.75) is 0 Å². The molecule has 1 aromatic rings. The molecule has 2 nitrogen and oxygen atoms in total. The number of benzene rings is 1. The SMILES string of the molecule is NOc1ccc(Cl)c(Cl)c1. The van der Waals surface area contributed by atoms with E-state index in [0.717, 1.165) is 0 Å². The van der Waals surface area contributed by atoms with Gasteiger partial charge in [0, 0.05) is 6.07 Å². The fraction of sp³-hybridized carbons (Fsp3) is 0. The molecule has 0 bridgehead atoms. The fourth-order valence-electron chi connectivity index (χ4n) is 0.550. The highest BCUT2D eigenvalue weighted by Gasteiger charge is 1.97. The summed E-state index contributed by atoms with van der Waals surface area (Å²) in [7, 11) is 0. The topological polar surface area (TPSA) is 35.2 Å². The predicted octanol–water partition coefficient (Wildman–Crippen LogP) is 2.25. The van der Waals surface area contributed by atoms with E-state index in [2.05, 4.69) is 4.84 Å². The van der Waals surface area contributed by atoms with Crippen LogP contribution in [0.4, 0.5) is 0 Å². The molecular formula is C6H5Cl2NO. The van der Waals surface area contributed by atoms with E-state index in [9.17, 15) is 0 Å². The summed E-state index contributed by atoms with van der Waals surface area (Å²) in [5.74, 6) is 5.36. The smallest absolute Gasteiger partial charge is 0.148 e. The third-order valence-corrected chi connectivity index (χ3v) is 1.77. The van der Waals surface area contributed by atoms with Crippen molar-refractivity contribution in [3.05, 3.63) is 28.2 Å². The lowest BCUT2D eigenvalue weighted by molar-refractivity contribution is 0.334. The lowest BCUT2D eigenvalue weighted by atomic mass is 10.3. The van der Waals surface area contributed by atoms with Crippen molar-refractivity contribution in [2.75, 3.05) is 0 Å². The monoisotopic (exact) mass is 177 g/mol. The molecule has 0 heterocycles. The molecule has 0 amide bonds. The van der Waals surface area contributed by atoms with Crippen molar-refractivity contribution in [3.63, 3.8) is 0 Å². The highest BCUT2D eigenvalue weighted by atomic mass is 35.5. The summed E-state index contributed by atoms with van der Waals surface area (Å²) >= 11 is 11.2. The van der Waals surface area contributed by atoms with Crippen LogP contribution in [-0.2, 0) is 0 Å². The van der Waals surface area contributed by atoms with Crippen LogP contribution in [0, 0.1) is 0 Å². The number of rotatable bonds is 1. The quantitative estimate of drug-likeness (QED) is 0.669. The second kappa shape index (κ2) is 3.10. The Labute approximate surface area is 68.4 Å². The van der Waals surface area contributed by atoms with Crippen LogP contribution in [0.15, 0.2) is 18.2 Å². The van der Waals surface area contributed by atoms with Gasteiger partial charge in [-0.2, -0.15) is 5.90 Å². The molecule has 10 heavy (non-hydrogen) atoms. The van der Waals surface area contributed by atoms with Gasteiger partial charge in [-0.15, -0.1) is 0 Å². The Balaban J connectivity index is 3.04. The molecule has 1 rings (SSSR count). The lowest BCUT2D eigenvalue weighted by Gasteiger charge is -1.98. The van der Waals surface area contributed by atoms with E-state index in [1.54, 1.807) is 18.2 Å². The lowest BCUT2D eigenvalue weighted by Crippen LogP contribution is -2.01. The van der Waals surface area contributed by atoms with Crippen molar-refractivity contribution in [3.8, 4) is 5.75 Å². The zero-order valence-electron chi connectivity index (χ0n) is 4.97. The fourth-order valence-corrected chi connectivity index (χ4v) is 0.838. The molecule has 54 valence electrons. The van der Waals surface area contributed by atoms with E-state index < -0.39 is 0 Å². The Morgan fingerprint density at radius 3 is 2.40 bits per heavy atom. The molecule has 0 aliphatic rings. The summed E-state index contributed by atoms with van der Waals surface area (Å²) in [6.07, 6.45) is 0. The number of nitrogens with two attached hydrogens (primary N) is 1. The molecule has 0 aromatic heterocycles. The molecule has 4 heteroatoms. The molecular weight excluding hydrogens is 173 g/mol. The summed E-state index contributed by atoms with van der Waals surface area (Å²) in [5.41, 5.74) is 0. The Morgan fingerprint density at radius 1 is 1.20 bits per heavy atom. The molecule has 0 atom stereocenters. The maximum Gasteiger partial charge on any atom is 0.148 e. The van der Waals surface area contributed by atoms with Gasteiger partial charge in [0.25, 0.3) is 0 Å². The molecule has 0 fully saturated rings. The van der Waals surface area contributed by atoms with Gasteiger partial charge in [-0.3, -0.25) is 0 Å². The maximum absolute atomic E-state index is 5.63. The molecule has 0 aliphatic heterocycles. The van der Waals surface area contributed by atoms with E-state index in [1.807, 2.05) is 0 Å².